The number of hydrogen-bond acceptors (Lipinski definition) is 3. The molecular formula is C19H20N2O3. The smallest absolute Gasteiger partial charge is 0.268 e. The van der Waals surface area contributed by atoms with Crippen LogP contribution in [0.4, 0.5) is 11.4 Å². The fourth-order valence-corrected chi connectivity index (χ4v) is 2.76. The molecule has 1 aliphatic heterocycles. The Labute approximate surface area is 141 Å². The maximum Gasteiger partial charge on any atom is 0.268 e. The summed E-state index contributed by atoms with van der Waals surface area (Å²) in [4.78, 5) is 26.4. The number of amides is 2. The number of nitrogens with one attached hydrogen (secondary N) is 1. The molecule has 1 N–H and O–H groups in total. The first-order chi connectivity index (χ1) is 11.6. The molecule has 1 unspecified atom stereocenters. The predicted octanol–water partition coefficient (Wildman–Crippen LogP) is 3.14. The Morgan fingerprint density at radius 2 is 2.04 bits per heavy atom. The van der Waals surface area contributed by atoms with Gasteiger partial charge in [0, 0.05) is 0 Å². The summed E-state index contributed by atoms with van der Waals surface area (Å²) in [6.07, 6.45) is -0.113. The molecule has 0 radical (unpaired) electrons. The van der Waals surface area contributed by atoms with E-state index in [0.717, 1.165) is 5.56 Å². The van der Waals surface area contributed by atoms with Gasteiger partial charge in [-0.2, -0.15) is 0 Å². The van der Waals surface area contributed by atoms with Crippen LogP contribution in [0, 0.1) is 6.92 Å². The van der Waals surface area contributed by atoms with Crippen molar-refractivity contribution in [3.8, 4) is 5.75 Å². The highest BCUT2D eigenvalue weighted by atomic mass is 16.5. The first-order valence-electron chi connectivity index (χ1n) is 8.02. The normalized spacial score (nSPS) is 14.6. The fraction of sp³-hybridized carbons (Fsp3) is 0.263. The van der Waals surface area contributed by atoms with Crippen molar-refractivity contribution in [3.05, 3.63) is 54.1 Å². The quantitative estimate of drug-likeness (QED) is 0.940. The van der Waals surface area contributed by atoms with Crippen LogP contribution in [0.15, 0.2) is 48.5 Å². The Balaban J connectivity index is 1.85. The summed E-state index contributed by atoms with van der Waals surface area (Å²) < 4.78 is 5.89. The molecule has 1 atom stereocenters. The lowest BCUT2D eigenvalue weighted by atomic mass is 10.1. The van der Waals surface area contributed by atoms with Gasteiger partial charge in [-0.25, -0.2) is 0 Å². The summed E-state index contributed by atoms with van der Waals surface area (Å²) in [5.74, 6) is 0.249. The highest BCUT2D eigenvalue weighted by Gasteiger charge is 2.31. The third-order valence-corrected chi connectivity index (χ3v) is 3.95. The van der Waals surface area contributed by atoms with Gasteiger partial charge in [0.1, 0.15) is 12.3 Å². The number of ether oxygens (including phenoxy) is 1. The average molecular weight is 324 g/mol. The van der Waals surface area contributed by atoms with Gasteiger partial charge in [-0.3, -0.25) is 14.5 Å². The number of para-hydroxylation sites is 2. The second kappa shape index (κ2) is 6.74. The van der Waals surface area contributed by atoms with Gasteiger partial charge in [-0.05, 0) is 43.2 Å². The van der Waals surface area contributed by atoms with Gasteiger partial charge in [0.25, 0.3) is 5.91 Å². The first kappa shape index (κ1) is 16.1. The van der Waals surface area contributed by atoms with Gasteiger partial charge < -0.3 is 10.1 Å². The van der Waals surface area contributed by atoms with Gasteiger partial charge in [-0.1, -0.05) is 31.2 Å². The van der Waals surface area contributed by atoms with Gasteiger partial charge in [0.05, 0.1) is 11.4 Å². The molecule has 0 bridgehead atoms. The summed E-state index contributed by atoms with van der Waals surface area (Å²) in [7, 11) is 0. The average Bonchev–Trinajstić information content (AvgIpc) is 2.58. The maximum atomic E-state index is 12.9. The van der Waals surface area contributed by atoms with Crippen molar-refractivity contribution in [1.82, 2.24) is 0 Å². The molecule has 2 amide bonds. The van der Waals surface area contributed by atoms with E-state index in [4.69, 9.17) is 4.74 Å². The number of hydrogen-bond donors (Lipinski definition) is 1. The van der Waals surface area contributed by atoms with Gasteiger partial charge >= 0.3 is 0 Å². The van der Waals surface area contributed by atoms with Crippen LogP contribution < -0.4 is 15.0 Å². The van der Waals surface area contributed by atoms with E-state index in [1.807, 2.05) is 56.3 Å². The van der Waals surface area contributed by atoms with Crippen LogP contribution in [-0.2, 0) is 9.59 Å². The first-order valence-corrected chi connectivity index (χ1v) is 8.02. The van der Waals surface area contributed by atoms with E-state index in [1.54, 1.807) is 6.07 Å². The molecule has 2 aromatic carbocycles. The van der Waals surface area contributed by atoms with Crippen LogP contribution in [0.2, 0.25) is 0 Å². The molecule has 0 saturated carbocycles. The minimum absolute atomic E-state index is 0.00350. The van der Waals surface area contributed by atoms with Gasteiger partial charge in [0.15, 0.2) is 6.10 Å². The number of anilines is 2. The number of fused-ring (bicyclic) bond motifs is 1. The van der Waals surface area contributed by atoms with Gasteiger partial charge in [-0.15, -0.1) is 0 Å². The molecule has 1 heterocycles. The summed E-state index contributed by atoms with van der Waals surface area (Å²) >= 11 is 0. The van der Waals surface area contributed by atoms with E-state index in [-0.39, 0.29) is 18.4 Å². The van der Waals surface area contributed by atoms with E-state index in [2.05, 4.69) is 5.32 Å². The van der Waals surface area contributed by atoms with Crippen LogP contribution in [0.3, 0.4) is 0 Å². The number of carbonyl (C=O) groups is 2. The topological polar surface area (TPSA) is 58.6 Å². The molecule has 24 heavy (non-hydrogen) atoms. The summed E-state index contributed by atoms with van der Waals surface area (Å²) in [5, 5.41) is 2.79. The number of rotatable bonds is 4. The zero-order valence-electron chi connectivity index (χ0n) is 13.8. The van der Waals surface area contributed by atoms with E-state index < -0.39 is 6.10 Å². The third-order valence-electron chi connectivity index (χ3n) is 3.95. The fourth-order valence-electron chi connectivity index (χ4n) is 2.76. The highest BCUT2D eigenvalue weighted by molar-refractivity contribution is 6.11. The van der Waals surface area contributed by atoms with Crippen molar-refractivity contribution >= 4 is 23.2 Å². The van der Waals surface area contributed by atoms with Crippen molar-refractivity contribution in [2.24, 2.45) is 0 Å². The van der Waals surface area contributed by atoms with Gasteiger partial charge in [0.2, 0.25) is 5.91 Å². The van der Waals surface area contributed by atoms with E-state index >= 15 is 0 Å². The Morgan fingerprint density at radius 1 is 1.25 bits per heavy atom. The molecule has 2 aromatic rings. The summed E-state index contributed by atoms with van der Waals surface area (Å²) in [6, 6.07) is 14.9. The van der Waals surface area contributed by atoms with E-state index in [9.17, 15) is 9.59 Å². The van der Waals surface area contributed by atoms with Crippen molar-refractivity contribution in [2.75, 3.05) is 16.8 Å². The Hall–Kier alpha value is -2.82. The Kier molecular flexibility index (Phi) is 4.51. The monoisotopic (exact) mass is 324 g/mol. The zero-order chi connectivity index (χ0) is 17.1. The zero-order valence-corrected chi connectivity index (χ0v) is 13.8. The van der Waals surface area contributed by atoms with Crippen LogP contribution in [0.1, 0.15) is 18.9 Å². The molecule has 124 valence electrons. The van der Waals surface area contributed by atoms with Crippen LogP contribution >= 0.6 is 0 Å². The summed E-state index contributed by atoms with van der Waals surface area (Å²) in [5.41, 5.74) is 2.42. The van der Waals surface area contributed by atoms with Crippen molar-refractivity contribution in [1.29, 1.82) is 0 Å². The molecule has 0 saturated heterocycles. The maximum absolute atomic E-state index is 12.9. The second-order valence-electron chi connectivity index (χ2n) is 5.82. The lowest BCUT2D eigenvalue weighted by Crippen LogP contribution is -2.48. The molecule has 0 aromatic heterocycles. The molecular weight excluding hydrogens is 304 g/mol. The lowest BCUT2D eigenvalue weighted by Gasteiger charge is -2.31. The van der Waals surface area contributed by atoms with Crippen molar-refractivity contribution in [2.45, 2.75) is 26.4 Å². The minimum Gasteiger partial charge on any atom is -0.481 e. The molecule has 0 aliphatic carbocycles. The predicted molar refractivity (Wildman–Crippen MR) is 93.3 cm³/mol. The molecule has 1 aliphatic rings. The summed E-state index contributed by atoms with van der Waals surface area (Å²) in [6.45, 7) is 3.87. The Morgan fingerprint density at radius 3 is 2.79 bits per heavy atom. The number of carbonyl (C=O) groups excluding carboxylic acids is 2. The Bertz CT molecular complexity index is 773. The second-order valence-corrected chi connectivity index (χ2v) is 5.82. The van der Waals surface area contributed by atoms with Crippen LogP contribution in [-0.4, -0.2) is 24.5 Å². The SMILES string of the molecule is CCC(Oc1cccc(C)c1)C(=O)N1CC(=O)Nc2ccccc21. The third kappa shape index (κ3) is 3.25. The standard InChI is InChI=1S/C19H20N2O3/c1-3-17(24-14-8-6-7-13(2)11-14)19(23)21-12-18(22)20-15-9-4-5-10-16(15)21/h4-11,17H,3,12H2,1-2H3,(H,20,22). The lowest BCUT2D eigenvalue weighted by molar-refractivity contribution is -0.127. The van der Waals surface area contributed by atoms with Crippen molar-refractivity contribution < 1.29 is 14.3 Å². The van der Waals surface area contributed by atoms with Crippen LogP contribution in [0.25, 0.3) is 0 Å². The molecule has 5 heteroatoms. The van der Waals surface area contributed by atoms with E-state index in [0.29, 0.717) is 23.5 Å². The van der Waals surface area contributed by atoms with E-state index in [1.165, 1.54) is 4.90 Å². The number of benzene rings is 2. The van der Waals surface area contributed by atoms with Crippen LogP contribution in [0.5, 0.6) is 5.75 Å². The highest BCUT2D eigenvalue weighted by Crippen LogP contribution is 2.30. The minimum atomic E-state index is -0.634. The molecule has 0 fully saturated rings. The molecule has 3 rings (SSSR count). The number of aryl methyl sites for hydroxylation is 1. The van der Waals surface area contributed by atoms with Crippen molar-refractivity contribution in [3.63, 3.8) is 0 Å². The number of nitrogens with zero attached hydrogens (tertiary/aromatic N) is 1. The largest absolute Gasteiger partial charge is 0.481 e. The molecule has 0 spiro atoms. The molecule has 5 nitrogen and oxygen atoms in total.